The van der Waals surface area contributed by atoms with Gasteiger partial charge in [-0.1, -0.05) is 15.9 Å². The van der Waals surface area contributed by atoms with Crippen molar-refractivity contribution in [3.05, 3.63) is 22.7 Å². The molecule has 0 atom stereocenters. The van der Waals surface area contributed by atoms with Crippen molar-refractivity contribution < 1.29 is 9.84 Å². The van der Waals surface area contributed by atoms with Crippen LogP contribution >= 0.6 is 28.1 Å². The zero-order valence-corrected chi connectivity index (χ0v) is 13.4. The first-order valence-electron chi connectivity index (χ1n) is 6.44. The number of hydrogen-bond acceptors (Lipinski definition) is 4. The fraction of sp³-hybridized carbons (Fsp3) is 0.308. The molecule has 0 saturated carbocycles. The fourth-order valence-electron chi connectivity index (χ4n) is 2.15. The molecule has 2 aromatic rings. The molecule has 0 radical (unpaired) electrons. The number of halogens is 1. The van der Waals surface area contributed by atoms with E-state index in [4.69, 9.17) is 17.0 Å². The Hall–Kier alpha value is -1.51. The molecule has 1 aromatic heterocycles. The smallest absolute Gasteiger partial charge is 0.218 e. The zero-order valence-electron chi connectivity index (χ0n) is 11.0. The monoisotopic (exact) mass is 368 g/mol. The molecule has 2 heterocycles. The number of nitrogens with one attached hydrogen (secondary N) is 1. The summed E-state index contributed by atoms with van der Waals surface area (Å²) in [5.41, 5.74) is 1.18. The van der Waals surface area contributed by atoms with Crippen LogP contribution in [-0.2, 0) is 4.74 Å². The second kappa shape index (κ2) is 6.08. The van der Waals surface area contributed by atoms with Crippen LogP contribution in [0, 0.1) is 0 Å². The molecular weight excluding hydrogens is 356 g/mol. The number of benzene rings is 1. The molecule has 1 aliphatic heterocycles. The highest BCUT2D eigenvalue weighted by Crippen LogP contribution is 2.36. The molecule has 0 amide bonds. The van der Waals surface area contributed by atoms with Gasteiger partial charge in [-0.25, -0.2) is 0 Å². The van der Waals surface area contributed by atoms with Crippen LogP contribution in [-0.4, -0.2) is 46.4 Å². The molecule has 2 N–H and O–H groups in total. The van der Waals surface area contributed by atoms with Gasteiger partial charge in [-0.15, -0.1) is 10.2 Å². The number of ether oxygens (including phenoxy) is 1. The van der Waals surface area contributed by atoms with E-state index in [-0.39, 0.29) is 5.88 Å². The molecule has 1 aromatic carbocycles. The molecule has 1 saturated heterocycles. The summed E-state index contributed by atoms with van der Waals surface area (Å²) in [5, 5.41) is 19.3. The quantitative estimate of drug-likeness (QED) is 0.597. The van der Waals surface area contributed by atoms with E-state index >= 15 is 0 Å². The zero-order chi connectivity index (χ0) is 14.8. The molecule has 1 fully saturated rings. The van der Waals surface area contributed by atoms with Gasteiger partial charge in [0.1, 0.15) is 0 Å². The van der Waals surface area contributed by atoms with E-state index < -0.39 is 0 Å². The Bertz CT molecular complexity index is 710. The lowest BCUT2D eigenvalue weighted by molar-refractivity contribution is 0.0685. The van der Waals surface area contributed by atoms with E-state index in [1.165, 1.54) is 0 Å². The molecule has 0 aliphatic carbocycles. The van der Waals surface area contributed by atoms with Crippen LogP contribution in [0.3, 0.4) is 0 Å². The number of nitrogens with zero attached hydrogens (tertiary/aromatic N) is 3. The molecule has 0 unspecified atom stereocenters. The van der Waals surface area contributed by atoms with Gasteiger partial charge in [0.05, 0.1) is 18.7 Å². The second-order valence-electron chi connectivity index (χ2n) is 4.59. The van der Waals surface area contributed by atoms with Gasteiger partial charge in [-0.05, 0) is 30.4 Å². The Morgan fingerprint density at radius 1 is 1.38 bits per heavy atom. The van der Waals surface area contributed by atoms with Crippen molar-refractivity contribution >= 4 is 49.9 Å². The number of azo groups is 1. The lowest BCUT2D eigenvalue weighted by atomic mass is 10.2. The summed E-state index contributed by atoms with van der Waals surface area (Å²) in [7, 11) is 0. The van der Waals surface area contributed by atoms with Crippen LogP contribution in [0.15, 0.2) is 32.9 Å². The number of thiocarbonyl (C=S) groups is 1. The van der Waals surface area contributed by atoms with Crippen LogP contribution in [0.5, 0.6) is 5.88 Å². The molecule has 1 aliphatic rings. The second-order valence-corrected chi connectivity index (χ2v) is 5.87. The standard InChI is InChI=1S/C13H13BrN4O2S/c14-8-1-2-10-9(7-8)11(12(19)15-10)16-17-13(21)18-3-5-20-6-4-18/h1-2,7,15,19H,3-6H2. The number of rotatable bonds is 1. The molecule has 3 rings (SSSR count). The van der Waals surface area contributed by atoms with Crippen molar-refractivity contribution in [2.75, 3.05) is 26.3 Å². The highest BCUT2D eigenvalue weighted by molar-refractivity contribution is 9.10. The third-order valence-corrected chi connectivity index (χ3v) is 4.06. The van der Waals surface area contributed by atoms with Crippen LogP contribution in [0.25, 0.3) is 10.9 Å². The third kappa shape index (κ3) is 3.07. The van der Waals surface area contributed by atoms with E-state index in [0.717, 1.165) is 15.4 Å². The van der Waals surface area contributed by atoms with E-state index in [1.54, 1.807) is 0 Å². The fourth-order valence-corrected chi connectivity index (χ4v) is 2.73. The number of aromatic hydroxyl groups is 1. The van der Waals surface area contributed by atoms with Gasteiger partial charge in [-0.2, -0.15) is 0 Å². The van der Waals surface area contributed by atoms with Gasteiger partial charge < -0.3 is 19.7 Å². The number of morpholine rings is 1. The first-order valence-corrected chi connectivity index (χ1v) is 7.64. The van der Waals surface area contributed by atoms with Gasteiger partial charge in [0.2, 0.25) is 11.0 Å². The Morgan fingerprint density at radius 3 is 2.90 bits per heavy atom. The maximum absolute atomic E-state index is 9.95. The highest BCUT2D eigenvalue weighted by atomic mass is 79.9. The minimum Gasteiger partial charge on any atom is -0.493 e. The average molecular weight is 369 g/mol. The van der Waals surface area contributed by atoms with Gasteiger partial charge in [-0.3, -0.25) is 0 Å². The van der Waals surface area contributed by atoms with Crippen molar-refractivity contribution in [1.29, 1.82) is 0 Å². The third-order valence-electron chi connectivity index (χ3n) is 3.23. The van der Waals surface area contributed by atoms with Crippen molar-refractivity contribution in [3.63, 3.8) is 0 Å². The Balaban J connectivity index is 1.86. The Kier molecular flexibility index (Phi) is 4.18. The molecule has 6 nitrogen and oxygen atoms in total. The summed E-state index contributed by atoms with van der Waals surface area (Å²) in [6.45, 7) is 2.70. The first-order chi connectivity index (χ1) is 10.1. The molecule has 110 valence electrons. The maximum atomic E-state index is 9.95. The van der Waals surface area contributed by atoms with Crippen molar-refractivity contribution in [1.82, 2.24) is 9.88 Å². The van der Waals surface area contributed by atoms with Gasteiger partial charge >= 0.3 is 0 Å². The van der Waals surface area contributed by atoms with Gasteiger partial charge in [0.25, 0.3) is 0 Å². The predicted molar refractivity (Wildman–Crippen MR) is 87.2 cm³/mol. The normalized spacial score (nSPS) is 16.0. The summed E-state index contributed by atoms with van der Waals surface area (Å²) in [4.78, 5) is 4.80. The lowest BCUT2D eigenvalue weighted by Crippen LogP contribution is -2.38. The summed E-state index contributed by atoms with van der Waals surface area (Å²) in [6, 6.07) is 5.62. The predicted octanol–water partition coefficient (Wildman–Crippen LogP) is 3.34. The molecule has 0 spiro atoms. The SMILES string of the molecule is Oc1[nH]c2ccc(Br)cc2c1N=NC(=S)N1CCOCC1. The highest BCUT2D eigenvalue weighted by Gasteiger charge is 2.14. The lowest BCUT2D eigenvalue weighted by Gasteiger charge is -2.26. The average Bonchev–Trinajstić information content (AvgIpc) is 2.80. The van der Waals surface area contributed by atoms with Gasteiger partial charge in [0, 0.05) is 22.9 Å². The van der Waals surface area contributed by atoms with Crippen molar-refractivity contribution in [3.8, 4) is 5.88 Å². The van der Waals surface area contributed by atoms with Crippen LogP contribution < -0.4 is 0 Å². The summed E-state index contributed by atoms with van der Waals surface area (Å²) < 4.78 is 6.17. The molecule has 21 heavy (non-hydrogen) atoms. The van der Waals surface area contributed by atoms with E-state index in [9.17, 15) is 5.11 Å². The van der Waals surface area contributed by atoms with Crippen LogP contribution in [0.2, 0.25) is 0 Å². The minimum atomic E-state index is -0.0170. The van der Waals surface area contributed by atoms with E-state index in [0.29, 0.717) is 37.1 Å². The number of fused-ring (bicyclic) bond motifs is 1. The summed E-state index contributed by atoms with van der Waals surface area (Å²) in [6.07, 6.45) is 0. The maximum Gasteiger partial charge on any atom is 0.218 e. The number of H-pyrrole nitrogens is 1. The number of hydrogen-bond donors (Lipinski definition) is 2. The summed E-state index contributed by atoms with van der Waals surface area (Å²) >= 11 is 8.65. The number of aromatic nitrogens is 1. The van der Waals surface area contributed by atoms with E-state index in [1.807, 2.05) is 23.1 Å². The first kappa shape index (κ1) is 14.4. The largest absolute Gasteiger partial charge is 0.493 e. The van der Waals surface area contributed by atoms with Gasteiger partial charge in [0.15, 0.2) is 5.69 Å². The van der Waals surface area contributed by atoms with Crippen molar-refractivity contribution in [2.24, 2.45) is 10.2 Å². The topological polar surface area (TPSA) is 73.2 Å². The minimum absolute atomic E-state index is 0.0170. The van der Waals surface area contributed by atoms with Crippen molar-refractivity contribution in [2.45, 2.75) is 0 Å². The number of aromatic amines is 1. The molecule has 8 heteroatoms. The molecular formula is C13H13BrN4O2S. The van der Waals surface area contributed by atoms with E-state index in [2.05, 4.69) is 31.1 Å². The molecule has 0 bridgehead atoms. The van der Waals surface area contributed by atoms with Crippen LogP contribution in [0.4, 0.5) is 5.69 Å². The Morgan fingerprint density at radius 2 is 2.14 bits per heavy atom. The Labute approximate surface area is 134 Å². The summed E-state index contributed by atoms with van der Waals surface area (Å²) in [5.74, 6) is -0.0170. The van der Waals surface area contributed by atoms with Crippen LogP contribution in [0.1, 0.15) is 0 Å².